The first-order valence-corrected chi connectivity index (χ1v) is 8.56. The number of rotatable bonds is 4. The van der Waals surface area contributed by atoms with Crippen molar-refractivity contribution in [3.63, 3.8) is 0 Å². The molecule has 0 atom stereocenters. The molecule has 3 aromatic carbocycles. The fraction of sp³-hybridized carbons (Fsp3) is 0. The van der Waals surface area contributed by atoms with Crippen molar-refractivity contribution in [2.45, 2.75) is 0 Å². The van der Waals surface area contributed by atoms with Crippen molar-refractivity contribution in [2.75, 3.05) is 5.73 Å². The molecule has 0 aromatic heterocycles. The molecule has 0 radical (unpaired) electrons. The molecule has 3 nitrogen and oxygen atoms in total. The van der Waals surface area contributed by atoms with Gasteiger partial charge in [0, 0.05) is 6.08 Å². The second kappa shape index (κ2) is 7.65. The lowest BCUT2D eigenvalue weighted by Crippen LogP contribution is -1.97. The molecule has 0 aliphatic carbocycles. The number of carbonyl (C=O) groups is 1. The van der Waals surface area contributed by atoms with Gasteiger partial charge in [-0.1, -0.05) is 77.8 Å². The van der Waals surface area contributed by atoms with Crippen LogP contribution in [0, 0.1) is 0 Å². The van der Waals surface area contributed by atoms with Gasteiger partial charge < -0.3 is 10.8 Å². The van der Waals surface area contributed by atoms with Crippen LogP contribution in [-0.2, 0) is 4.79 Å². The third-order valence-corrected chi connectivity index (χ3v) is 4.59. The van der Waals surface area contributed by atoms with Gasteiger partial charge in [-0.05, 0) is 40.0 Å². The Labute approximate surface area is 161 Å². The van der Waals surface area contributed by atoms with Crippen LogP contribution in [0.25, 0.3) is 16.7 Å². The van der Waals surface area contributed by atoms with Gasteiger partial charge in [0.05, 0.1) is 15.7 Å². The summed E-state index contributed by atoms with van der Waals surface area (Å²) < 4.78 is 0. The summed E-state index contributed by atoms with van der Waals surface area (Å²) in [5.74, 6) is -1.06. The maximum Gasteiger partial charge on any atom is 0.328 e. The first-order chi connectivity index (χ1) is 12.5. The minimum atomic E-state index is -1.06. The molecule has 26 heavy (non-hydrogen) atoms. The Balaban J connectivity index is 2.06. The minimum absolute atomic E-state index is 0.270. The van der Waals surface area contributed by atoms with E-state index in [0.29, 0.717) is 11.1 Å². The highest BCUT2D eigenvalue weighted by Crippen LogP contribution is 2.34. The van der Waals surface area contributed by atoms with Gasteiger partial charge in [0.1, 0.15) is 0 Å². The molecule has 0 unspecified atom stereocenters. The normalized spacial score (nSPS) is 11.4. The lowest BCUT2D eigenvalue weighted by Gasteiger charge is -2.12. The van der Waals surface area contributed by atoms with E-state index in [2.05, 4.69) is 0 Å². The Morgan fingerprint density at radius 2 is 1.38 bits per heavy atom. The predicted octanol–water partition coefficient (Wildman–Crippen LogP) is 5.76. The quantitative estimate of drug-likeness (QED) is 0.444. The third kappa shape index (κ3) is 3.90. The average molecular weight is 384 g/mol. The summed E-state index contributed by atoms with van der Waals surface area (Å²) in [7, 11) is 0. The maximum absolute atomic E-state index is 11.3. The molecule has 0 heterocycles. The topological polar surface area (TPSA) is 63.3 Å². The average Bonchev–Trinajstić information content (AvgIpc) is 2.64. The third-order valence-electron chi connectivity index (χ3n) is 3.96. The van der Waals surface area contributed by atoms with Gasteiger partial charge in [0.25, 0.3) is 0 Å². The first-order valence-electron chi connectivity index (χ1n) is 7.81. The van der Waals surface area contributed by atoms with Crippen LogP contribution in [0.2, 0.25) is 10.0 Å². The van der Waals surface area contributed by atoms with E-state index in [1.165, 1.54) is 0 Å². The lowest BCUT2D eigenvalue weighted by molar-refractivity contribution is -0.131. The molecule has 0 saturated carbocycles. The van der Waals surface area contributed by atoms with Gasteiger partial charge in [-0.15, -0.1) is 0 Å². The van der Waals surface area contributed by atoms with Crippen molar-refractivity contribution in [3.8, 4) is 11.1 Å². The minimum Gasteiger partial charge on any atom is -0.478 e. The second-order valence-corrected chi connectivity index (χ2v) is 6.51. The maximum atomic E-state index is 11.3. The molecule has 130 valence electrons. The standard InChI is InChI=1S/C21H15Cl2NO2/c22-18-10-16(11-19(23)21(18)24)17(12-20(25)26)15-8-6-14(7-9-15)13-4-2-1-3-5-13/h1-12H,24H2,(H,25,26). The molecule has 3 rings (SSSR count). The zero-order valence-corrected chi connectivity index (χ0v) is 15.1. The highest BCUT2D eigenvalue weighted by Gasteiger charge is 2.12. The number of nitrogen functional groups attached to an aromatic ring is 1. The van der Waals surface area contributed by atoms with Crippen LogP contribution >= 0.6 is 23.2 Å². The van der Waals surface area contributed by atoms with Gasteiger partial charge in [0.15, 0.2) is 0 Å². The molecule has 5 heteroatoms. The number of halogens is 2. The SMILES string of the molecule is Nc1c(Cl)cc(C(=CC(=O)O)c2ccc(-c3ccccc3)cc2)cc1Cl. The Hall–Kier alpha value is -2.75. The number of carboxylic acids is 1. The molecule has 3 N–H and O–H groups in total. The second-order valence-electron chi connectivity index (χ2n) is 5.69. The van der Waals surface area contributed by atoms with Crippen LogP contribution in [0.4, 0.5) is 5.69 Å². The lowest BCUT2D eigenvalue weighted by atomic mass is 9.95. The number of nitrogens with two attached hydrogens (primary N) is 1. The van der Waals surface area contributed by atoms with Crippen LogP contribution in [0.15, 0.2) is 72.8 Å². The summed E-state index contributed by atoms with van der Waals surface area (Å²) in [6, 6.07) is 20.8. The molecule has 0 aliphatic heterocycles. The predicted molar refractivity (Wildman–Crippen MR) is 107 cm³/mol. The number of carboxylic acid groups (broad SMARTS) is 1. The van der Waals surface area contributed by atoms with E-state index in [1.807, 2.05) is 54.6 Å². The molecule has 0 amide bonds. The van der Waals surface area contributed by atoms with Crippen molar-refractivity contribution in [1.82, 2.24) is 0 Å². The largest absolute Gasteiger partial charge is 0.478 e. The molecule has 0 fully saturated rings. The van der Waals surface area contributed by atoms with Gasteiger partial charge in [-0.25, -0.2) is 4.79 Å². The van der Waals surface area contributed by atoms with Crippen LogP contribution in [0.3, 0.4) is 0 Å². The fourth-order valence-electron chi connectivity index (χ4n) is 2.67. The van der Waals surface area contributed by atoms with Crippen molar-refractivity contribution in [1.29, 1.82) is 0 Å². The molecule has 0 bridgehead atoms. The number of aliphatic carboxylic acids is 1. The van der Waals surface area contributed by atoms with Crippen molar-refractivity contribution in [3.05, 3.63) is 94.0 Å². The zero-order valence-electron chi connectivity index (χ0n) is 13.6. The Morgan fingerprint density at radius 3 is 1.92 bits per heavy atom. The van der Waals surface area contributed by atoms with Crippen molar-refractivity contribution < 1.29 is 9.90 Å². The highest BCUT2D eigenvalue weighted by atomic mass is 35.5. The van der Waals surface area contributed by atoms with Crippen LogP contribution in [-0.4, -0.2) is 11.1 Å². The van der Waals surface area contributed by atoms with Crippen LogP contribution < -0.4 is 5.73 Å². The molecule has 0 aliphatic rings. The Bertz CT molecular complexity index is 958. The van der Waals surface area contributed by atoms with E-state index in [1.54, 1.807) is 12.1 Å². The van der Waals surface area contributed by atoms with E-state index in [-0.39, 0.29) is 15.7 Å². The van der Waals surface area contributed by atoms with Gasteiger partial charge >= 0.3 is 5.97 Å². The molecular formula is C21H15Cl2NO2. The summed E-state index contributed by atoms with van der Waals surface area (Å²) in [6.45, 7) is 0. The summed E-state index contributed by atoms with van der Waals surface area (Å²) in [4.78, 5) is 11.3. The van der Waals surface area contributed by atoms with Gasteiger partial charge in [-0.2, -0.15) is 0 Å². The van der Waals surface area contributed by atoms with Crippen LogP contribution in [0.1, 0.15) is 11.1 Å². The van der Waals surface area contributed by atoms with E-state index in [9.17, 15) is 9.90 Å². The summed E-state index contributed by atoms with van der Waals surface area (Å²) >= 11 is 12.2. The van der Waals surface area contributed by atoms with Crippen molar-refractivity contribution in [2.24, 2.45) is 0 Å². The molecule has 3 aromatic rings. The Kier molecular flexibility index (Phi) is 5.31. The number of benzene rings is 3. The van der Waals surface area contributed by atoms with E-state index < -0.39 is 5.97 Å². The first kappa shape index (κ1) is 18.1. The van der Waals surface area contributed by atoms with E-state index >= 15 is 0 Å². The van der Waals surface area contributed by atoms with E-state index in [4.69, 9.17) is 28.9 Å². The summed E-state index contributed by atoms with van der Waals surface area (Å²) in [5, 5.41) is 9.83. The molecule has 0 spiro atoms. The van der Waals surface area contributed by atoms with Gasteiger partial charge in [-0.3, -0.25) is 0 Å². The highest BCUT2D eigenvalue weighted by molar-refractivity contribution is 6.39. The number of anilines is 1. The van der Waals surface area contributed by atoms with Crippen molar-refractivity contribution >= 4 is 40.4 Å². The van der Waals surface area contributed by atoms with Crippen LogP contribution in [0.5, 0.6) is 0 Å². The smallest absolute Gasteiger partial charge is 0.328 e. The Morgan fingerprint density at radius 1 is 0.846 bits per heavy atom. The monoisotopic (exact) mass is 383 g/mol. The van der Waals surface area contributed by atoms with E-state index in [0.717, 1.165) is 22.8 Å². The number of hydrogen-bond acceptors (Lipinski definition) is 2. The molecular weight excluding hydrogens is 369 g/mol. The molecule has 0 saturated heterocycles. The van der Waals surface area contributed by atoms with Gasteiger partial charge in [0.2, 0.25) is 0 Å². The summed E-state index contributed by atoms with van der Waals surface area (Å²) in [5.41, 5.74) is 10.00. The number of hydrogen-bond donors (Lipinski definition) is 2. The fourth-order valence-corrected chi connectivity index (χ4v) is 3.16. The zero-order chi connectivity index (χ0) is 18.7. The summed E-state index contributed by atoms with van der Waals surface area (Å²) in [6.07, 6.45) is 1.13.